The highest BCUT2D eigenvalue weighted by molar-refractivity contribution is 6.02. The van der Waals surface area contributed by atoms with E-state index in [0.717, 1.165) is 25.1 Å². The normalized spacial score (nSPS) is 15.9. The maximum absolute atomic E-state index is 12.7. The summed E-state index contributed by atoms with van der Waals surface area (Å²) in [4.78, 5) is 31.4. The van der Waals surface area contributed by atoms with Crippen molar-refractivity contribution >= 4 is 29.1 Å². The average Bonchev–Trinajstić information content (AvgIpc) is 2.80. The van der Waals surface area contributed by atoms with Crippen LogP contribution >= 0.6 is 0 Å². The van der Waals surface area contributed by atoms with Gasteiger partial charge in [0, 0.05) is 24.5 Å². The zero-order chi connectivity index (χ0) is 21.6. The Morgan fingerprint density at radius 1 is 0.968 bits per heavy atom. The van der Waals surface area contributed by atoms with Gasteiger partial charge in [0.05, 0.1) is 5.92 Å². The molecule has 1 saturated heterocycles. The zero-order valence-corrected chi connectivity index (χ0v) is 17.3. The summed E-state index contributed by atoms with van der Waals surface area (Å²) in [5, 5.41) is 14.0. The van der Waals surface area contributed by atoms with Gasteiger partial charge in [0.15, 0.2) is 11.5 Å². The number of amides is 2. The number of pyridine rings is 1. The highest BCUT2D eigenvalue weighted by atomic mass is 16.2. The Morgan fingerprint density at radius 2 is 1.81 bits per heavy atom. The minimum atomic E-state index is -0.313. The van der Waals surface area contributed by atoms with Crippen LogP contribution in [-0.2, 0) is 4.79 Å². The summed E-state index contributed by atoms with van der Waals surface area (Å²) < 4.78 is 0. The largest absolute Gasteiger partial charge is 0.354 e. The van der Waals surface area contributed by atoms with Crippen LogP contribution in [0.5, 0.6) is 0 Å². The predicted octanol–water partition coefficient (Wildman–Crippen LogP) is 3.29. The molecule has 31 heavy (non-hydrogen) atoms. The van der Waals surface area contributed by atoms with Crippen molar-refractivity contribution in [3.63, 3.8) is 0 Å². The maximum Gasteiger partial charge on any atom is 0.276 e. The number of aryl methyl sites for hydroxylation is 1. The van der Waals surface area contributed by atoms with Crippen molar-refractivity contribution in [1.82, 2.24) is 15.2 Å². The van der Waals surface area contributed by atoms with E-state index in [1.807, 2.05) is 54.3 Å². The molecule has 2 amide bonds. The molecule has 0 radical (unpaired) electrons. The number of hydrogen-bond acceptors (Lipinski definition) is 6. The Bertz CT molecular complexity index is 1060. The molecule has 1 aromatic carbocycles. The van der Waals surface area contributed by atoms with Gasteiger partial charge in [-0.2, -0.15) is 0 Å². The van der Waals surface area contributed by atoms with E-state index >= 15 is 0 Å². The SMILES string of the molecule is Cc1cccc(NC(=O)C2CCCN(c3ccc(C(=O)Nc4ccccc4)nn3)C2)n1. The van der Waals surface area contributed by atoms with E-state index in [-0.39, 0.29) is 23.4 Å². The molecule has 4 rings (SSSR count). The summed E-state index contributed by atoms with van der Waals surface area (Å²) in [6.45, 7) is 3.22. The van der Waals surface area contributed by atoms with Crippen LogP contribution in [0.2, 0.25) is 0 Å². The van der Waals surface area contributed by atoms with E-state index in [4.69, 9.17) is 0 Å². The minimum absolute atomic E-state index is 0.0466. The molecular formula is C23H24N6O2. The highest BCUT2D eigenvalue weighted by Gasteiger charge is 2.27. The second-order valence-corrected chi connectivity index (χ2v) is 7.54. The monoisotopic (exact) mass is 416 g/mol. The molecule has 0 bridgehead atoms. The summed E-state index contributed by atoms with van der Waals surface area (Å²) >= 11 is 0. The first-order valence-electron chi connectivity index (χ1n) is 10.3. The molecule has 1 aliphatic heterocycles. The van der Waals surface area contributed by atoms with Gasteiger partial charge in [0.2, 0.25) is 5.91 Å². The molecular weight excluding hydrogens is 392 g/mol. The van der Waals surface area contributed by atoms with Gasteiger partial charge in [0.25, 0.3) is 5.91 Å². The van der Waals surface area contributed by atoms with Crippen LogP contribution < -0.4 is 15.5 Å². The Kier molecular flexibility index (Phi) is 6.16. The average molecular weight is 416 g/mol. The third kappa shape index (κ3) is 5.22. The van der Waals surface area contributed by atoms with E-state index in [2.05, 4.69) is 25.8 Å². The Morgan fingerprint density at radius 3 is 2.55 bits per heavy atom. The van der Waals surface area contributed by atoms with Crippen molar-refractivity contribution in [1.29, 1.82) is 0 Å². The number of piperidine rings is 1. The first kappa shape index (κ1) is 20.5. The van der Waals surface area contributed by atoms with Crippen LogP contribution in [-0.4, -0.2) is 40.1 Å². The first-order chi connectivity index (χ1) is 15.1. The molecule has 1 atom stereocenters. The van der Waals surface area contributed by atoms with Crippen LogP contribution in [0, 0.1) is 12.8 Å². The Labute approximate surface area is 180 Å². The van der Waals surface area contributed by atoms with Gasteiger partial charge in [-0.15, -0.1) is 10.2 Å². The van der Waals surface area contributed by atoms with E-state index in [1.54, 1.807) is 18.2 Å². The van der Waals surface area contributed by atoms with Crippen molar-refractivity contribution in [2.45, 2.75) is 19.8 Å². The fraction of sp³-hybridized carbons (Fsp3) is 0.261. The standard InChI is InChI=1S/C23H24N6O2/c1-16-7-5-11-20(24-16)26-22(30)17-8-6-14-29(15-17)21-13-12-19(27-28-21)23(31)25-18-9-3-2-4-10-18/h2-5,7,9-13,17H,6,8,14-15H2,1H3,(H,25,31)(H,24,26,30). The molecule has 1 fully saturated rings. The second-order valence-electron chi connectivity index (χ2n) is 7.54. The van der Waals surface area contributed by atoms with Gasteiger partial charge < -0.3 is 15.5 Å². The number of aromatic nitrogens is 3. The number of carbonyl (C=O) groups excluding carboxylic acids is 2. The van der Waals surface area contributed by atoms with Crippen LogP contribution in [0.4, 0.5) is 17.3 Å². The van der Waals surface area contributed by atoms with Crippen LogP contribution in [0.1, 0.15) is 29.0 Å². The number of para-hydroxylation sites is 1. The third-order valence-corrected chi connectivity index (χ3v) is 5.17. The summed E-state index contributed by atoms with van der Waals surface area (Å²) in [7, 11) is 0. The maximum atomic E-state index is 12.7. The minimum Gasteiger partial charge on any atom is -0.354 e. The fourth-order valence-corrected chi connectivity index (χ4v) is 3.57. The van der Waals surface area contributed by atoms with Crippen molar-refractivity contribution in [3.05, 3.63) is 72.1 Å². The first-order valence-corrected chi connectivity index (χ1v) is 10.3. The predicted molar refractivity (Wildman–Crippen MR) is 119 cm³/mol. The van der Waals surface area contributed by atoms with Crippen molar-refractivity contribution in [2.75, 3.05) is 28.6 Å². The highest BCUT2D eigenvalue weighted by Crippen LogP contribution is 2.22. The molecule has 0 saturated carbocycles. The topological polar surface area (TPSA) is 100 Å². The molecule has 3 aromatic rings. The number of benzene rings is 1. The zero-order valence-electron chi connectivity index (χ0n) is 17.3. The lowest BCUT2D eigenvalue weighted by Gasteiger charge is -2.32. The van der Waals surface area contributed by atoms with E-state index in [9.17, 15) is 9.59 Å². The number of nitrogens with one attached hydrogen (secondary N) is 2. The smallest absolute Gasteiger partial charge is 0.276 e. The van der Waals surface area contributed by atoms with Crippen LogP contribution in [0.25, 0.3) is 0 Å². The molecule has 0 aliphatic carbocycles. The summed E-state index contributed by atoms with van der Waals surface area (Å²) in [6, 6.07) is 18.2. The molecule has 8 heteroatoms. The van der Waals surface area contributed by atoms with Gasteiger partial charge in [-0.05, 0) is 56.2 Å². The Balaban J connectivity index is 1.37. The van der Waals surface area contributed by atoms with Gasteiger partial charge in [-0.3, -0.25) is 9.59 Å². The van der Waals surface area contributed by atoms with Crippen molar-refractivity contribution < 1.29 is 9.59 Å². The number of carbonyl (C=O) groups is 2. The Hall–Kier alpha value is -3.81. The molecule has 3 heterocycles. The quantitative estimate of drug-likeness (QED) is 0.662. The van der Waals surface area contributed by atoms with Gasteiger partial charge in [-0.25, -0.2) is 4.98 Å². The number of rotatable bonds is 5. The number of hydrogen-bond donors (Lipinski definition) is 2. The molecule has 1 aliphatic rings. The van der Waals surface area contributed by atoms with Gasteiger partial charge in [-0.1, -0.05) is 24.3 Å². The van der Waals surface area contributed by atoms with Crippen molar-refractivity contribution in [2.24, 2.45) is 5.92 Å². The lowest BCUT2D eigenvalue weighted by molar-refractivity contribution is -0.120. The summed E-state index contributed by atoms with van der Waals surface area (Å²) in [6.07, 6.45) is 1.68. The second kappa shape index (κ2) is 9.34. The summed E-state index contributed by atoms with van der Waals surface area (Å²) in [5.41, 5.74) is 1.80. The van der Waals surface area contributed by atoms with E-state index in [1.165, 1.54) is 0 Å². The van der Waals surface area contributed by atoms with Gasteiger partial charge in [0.1, 0.15) is 5.82 Å². The molecule has 2 aromatic heterocycles. The molecule has 2 N–H and O–H groups in total. The van der Waals surface area contributed by atoms with E-state index < -0.39 is 0 Å². The number of anilines is 3. The molecule has 0 spiro atoms. The third-order valence-electron chi connectivity index (χ3n) is 5.17. The number of nitrogens with zero attached hydrogens (tertiary/aromatic N) is 4. The van der Waals surface area contributed by atoms with Crippen LogP contribution in [0.15, 0.2) is 60.7 Å². The fourth-order valence-electron chi connectivity index (χ4n) is 3.57. The molecule has 1 unspecified atom stereocenters. The lowest BCUT2D eigenvalue weighted by atomic mass is 9.97. The molecule has 158 valence electrons. The molecule has 8 nitrogen and oxygen atoms in total. The lowest BCUT2D eigenvalue weighted by Crippen LogP contribution is -2.41. The van der Waals surface area contributed by atoms with E-state index in [0.29, 0.717) is 23.9 Å². The van der Waals surface area contributed by atoms with Crippen molar-refractivity contribution in [3.8, 4) is 0 Å². The summed E-state index contributed by atoms with van der Waals surface area (Å²) in [5.74, 6) is 0.693. The van der Waals surface area contributed by atoms with Gasteiger partial charge >= 0.3 is 0 Å². The van der Waals surface area contributed by atoms with Crippen LogP contribution in [0.3, 0.4) is 0 Å².